The molecule has 0 atom stereocenters. The van der Waals surface area contributed by atoms with Gasteiger partial charge in [-0.3, -0.25) is 9.59 Å². The number of phenols is 1. The van der Waals surface area contributed by atoms with Crippen molar-refractivity contribution in [3.8, 4) is 11.5 Å². The van der Waals surface area contributed by atoms with Gasteiger partial charge in [0.25, 0.3) is 11.8 Å². The van der Waals surface area contributed by atoms with Crippen molar-refractivity contribution in [1.82, 2.24) is 10.7 Å². The van der Waals surface area contributed by atoms with E-state index >= 15 is 0 Å². The van der Waals surface area contributed by atoms with Gasteiger partial charge >= 0.3 is 0 Å². The first-order valence-corrected chi connectivity index (χ1v) is 10.4. The first-order valence-electron chi connectivity index (χ1n) is 10.4. The van der Waals surface area contributed by atoms with Gasteiger partial charge in [0.05, 0.1) is 13.3 Å². The number of rotatable bonds is 8. The summed E-state index contributed by atoms with van der Waals surface area (Å²) in [7, 11) is 5.30. The maximum absolute atomic E-state index is 12.9. The second-order valence-corrected chi connectivity index (χ2v) is 7.46. The molecule has 0 radical (unpaired) electrons. The van der Waals surface area contributed by atoms with Crippen molar-refractivity contribution in [1.29, 1.82) is 0 Å². The van der Waals surface area contributed by atoms with E-state index in [4.69, 9.17) is 4.74 Å². The number of nitrogens with zero attached hydrogens (tertiary/aromatic N) is 2. The minimum Gasteiger partial charge on any atom is -0.504 e. The van der Waals surface area contributed by atoms with Crippen LogP contribution in [0.5, 0.6) is 11.5 Å². The first-order chi connectivity index (χ1) is 16.4. The quantitative estimate of drug-likeness (QED) is 0.273. The molecule has 0 fully saturated rings. The number of ether oxygens (including phenoxy) is 1. The standard InChI is InChI=1S/C26H26N4O4/c1-30(2)21-14-12-18(13-15-21)16-22(28-25(32)19-8-5-4-6-9-19)26(33)29-27-17-20-10-7-11-23(34-3)24(20)31/h4-17,31H,1-3H3,(H,28,32)(H,29,33). The molecule has 3 aromatic carbocycles. The lowest BCUT2D eigenvalue weighted by Crippen LogP contribution is -2.32. The lowest BCUT2D eigenvalue weighted by Gasteiger charge is -2.12. The molecule has 0 bridgehead atoms. The Hall–Kier alpha value is -4.59. The second-order valence-electron chi connectivity index (χ2n) is 7.46. The fourth-order valence-electron chi connectivity index (χ4n) is 3.01. The van der Waals surface area contributed by atoms with Crippen molar-refractivity contribution >= 4 is 29.8 Å². The predicted octanol–water partition coefficient (Wildman–Crippen LogP) is 3.39. The summed E-state index contributed by atoms with van der Waals surface area (Å²) in [5.74, 6) is -0.870. The Morgan fingerprint density at radius 3 is 2.32 bits per heavy atom. The van der Waals surface area contributed by atoms with E-state index in [0.717, 1.165) is 11.3 Å². The van der Waals surface area contributed by atoms with Crippen molar-refractivity contribution in [3.05, 3.63) is 95.2 Å². The summed E-state index contributed by atoms with van der Waals surface area (Å²) in [6, 6.07) is 21.0. The van der Waals surface area contributed by atoms with Gasteiger partial charge in [-0.2, -0.15) is 5.10 Å². The number of carbonyl (C=O) groups excluding carboxylic acids is 2. The number of hydrogen-bond donors (Lipinski definition) is 3. The number of hydrogen-bond acceptors (Lipinski definition) is 6. The van der Waals surface area contributed by atoms with Crippen LogP contribution in [0.3, 0.4) is 0 Å². The average molecular weight is 459 g/mol. The maximum atomic E-state index is 12.9. The fourth-order valence-corrected chi connectivity index (χ4v) is 3.01. The van der Waals surface area contributed by atoms with Crippen molar-refractivity contribution in [2.75, 3.05) is 26.1 Å². The minimum absolute atomic E-state index is 0.0125. The lowest BCUT2D eigenvalue weighted by molar-refractivity contribution is -0.117. The Morgan fingerprint density at radius 1 is 0.971 bits per heavy atom. The SMILES string of the molecule is COc1cccc(C=NNC(=O)C(=Cc2ccc(N(C)C)cc2)NC(=O)c2ccccc2)c1O. The molecule has 3 N–H and O–H groups in total. The molecule has 8 nitrogen and oxygen atoms in total. The molecular weight excluding hydrogens is 432 g/mol. The van der Waals surface area contributed by atoms with Crippen molar-refractivity contribution in [2.45, 2.75) is 0 Å². The number of methoxy groups -OCH3 is 1. The number of amides is 2. The monoisotopic (exact) mass is 458 g/mol. The molecule has 3 aromatic rings. The largest absolute Gasteiger partial charge is 0.504 e. The number of aromatic hydroxyl groups is 1. The summed E-state index contributed by atoms with van der Waals surface area (Å²) in [5.41, 5.74) is 4.89. The highest BCUT2D eigenvalue weighted by atomic mass is 16.5. The van der Waals surface area contributed by atoms with E-state index in [1.165, 1.54) is 13.3 Å². The van der Waals surface area contributed by atoms with Gasteiger partial charge in [0.1, 0.15) is 5.70 Å². The molecule has 34 heavy (non-hydrogen) atoms. The number of para-hydroxylation sites is 1. The Kier molecular flexibility index (Phi) is 8.02. The third-order valence-electron chi connectivity index (χ3n) is 4.87. The Bertz CT molecular complexity index is 1200. The van der Waals surface area contributed by atoms with Gasteiger partial charge in [-0.1, -0.05) is 36.4 Å². The number of nitrogens with one attached hydrogen (secondary N) is 2. The summed E-state index contributed by atoms with van der Waals surface area (Å²) < 4.78 is 5.07. The van der Waals surface area contributed by atoms with Crippen LogP contribution in [0, 0.1) is 0 Å². The molecule has 0 unspecified atom stereocenters. The molecule has 0 saturated heterocycles. The smallest absolute Gasteiger partial charge is 0.287 e. The van der Waals surface area contributed by atoms with Gasteiger partial charge in [0, 0.05) is 30.9 Å². The minimum atomic E-state index is -0.625. The van der Waals surface area contributed by atoms with Gasteiger partial charge in [-0.25, -0.2) is 5.43 Å². The zero-order chi connectivity index (χ0) is 24.5. The van der Waals surface area contributed by atoms with E-state index < -0.39 is 11.8 Å². The average Bonchev–Trinajstić information content (AvgIpc) is 2.85. The van der Waals surface area contributed by atoms with Crippen LogP contribution < -0.4 is 20.4 Å². The van der Waals surface area contributed by atoms with Gasteiger partial charge in [-0.05, 0) is 48.0 Å². The third-order valence-corrected chi connectivity index (χ3v) is 4.87. The topological polar surface area (TPSA) is 103 Å². The van der Waals surface area contributed by atoms with Gasteiger partial charge in [0.2, 0.25) is 0 Å². The van der Waals surface area contributed by atoms with Crippen LogP contribution in [0.25, 0.3) is 6.08 Å². The number of anilines is 1. The van der Waals surface area contributed by atoms with Crippen LogP contribution in [-0.4, -0.2) is 44.3 Å². The first kappa shape index (κ1) is 24.1. The van der Waals surface area contributed by atoms with E-state index in [0.29, 0.717) is 11.1 Å². The summed E-state index contributed by atoms with van der Waals surface area (Å²) in [4.78, 5) is 27.5. The Labute approximate surface area is 198 Å². The zero-order valence-electron chi connectivity index (χ0n) is 19.1. The normalized spacial score (nSPS) is 11.2. The summed E-state index contributed by atoms with van der Waals surface area (Å²) in [5, 5.41) is 16.7. The van der Waals surface area contributed by atoms with E-state index in [1.807, 2.05) is 43.3 Å². The summed E-state index contributed by atoms with van der Waals surface area (Å²) in [6.07, 6.45) is 2.85. The Morgan fingerprint density at radius 2 is 1.68 bits per heavy atom. The highest BCUT2D eigenvalue weighted by molar-refractivity contribution is 6.05. The molecule has 2 amide bonds. The molecule has 0 heterocycles. The molecule has 0 saturated carbocycles. The van der Waals surface area contributed by atoms with Crippen LogP contribution in [0.2, 0.25) is 0 Å². The summed E-state index contributed by atoms with van der Waals surface area (Å²) >= 11 is 0. The van der Waals surface area contributed by atoms with E-state index in [-0.39, 0.29) is 17.2 Å². The van der Waals surface area contributed by atoms with Crippen LogP contribution in [0.15, 0.2) is 83.6 Å². The molecule has 8 heteroatoms. The molecule has 0 aliphatic carbocycles. The van der Waals surface area contributed by atoms with Crippen LogP contribution in [0.4, 0.5) is 5.69 Å². The van der Waals surface area contributed by atoms with Gasteiger partial charge in [-0.15, -0.1) is 0 Å². The lowest BCUT2D eigenvalue weighted by atomic mass is 10.1. The van der Waals surface area contributed by atoms with Crippen molar-refractivity contribution in [2.24, 2.45) is 5.10 Å². The van der Waals surface area contributed by atoms with Crippen LogP contribution in [0.1, 0.15) is 21.5 Å². The molecule has 3 rings (SSSR count). The molecule has 174 valence electrons. The molecular formula is C26H26N4O4. The predicted molar refractivity (Wildman–Crippen MR) is 133 cm³/mol. The van der Waals surface area contributed by atoms with Crippen LogP contribution in [-0.2, 0) is 4.79 Å². The molecule has 0 aromatic heterocycles. The second kappa shape index (κ2) is 11.3. The third kappa shape index (κ3) is 6.23. The van der Waals surface area contributed by atoms with Crippen LogP contribution >= 0.6 is 0 Å². The zero-order valence-corrected chi connectivity index (χ0v) is 19.1. The Balaban J connectivity index is 1.83. The number of phenolic OH excluding ortho intramolecular Hbond substituents is 1. The van der Waals surface area contributed by atoms with Gasteiger partial charge in [0.15, 0.2) is 11.5 Å². The van der Waals surface area contributed by atoms with E-state index in [2.05, 4.69) is 15.8 Å². The molecule has 0 aliphatic rings. The molecule has 0 aliphatic heterocycles. The highest BCUT2D eigenvalue weighted by Crippen LogP contribution is 2.27. The highest BCUT2D eigenvalue weighted by Gasteiger charge is 2.14. The fraction of sp³-hybridized carbons (Fsp3) is 0.115. The molecule has 0 spiro atoms. The maximum Gasteiger partial charge on any atom is 0.287 e. The van der Waals surface area contributed by atoms with E-state index in [1.54, 1.807) is 54.6 Å². The van der Waals surface area contributed by atoms with Gasteiger partial charge < -0.3 is 20.1 Å². The number of carbonyl (C=O) groups is 2. The number of benzene rings is 3. The van der Waals surface area contributed by atoms with Crippen molar-refractivity contribution < 1.29 is 19.4 Å². The summed E-state index contributed by atoms with van der Waals surface area (Å²) in [6.45, 7) is 0. The number of hydrazone groups is 1. The van der Waals surface area contributed by atoms with E-state index in [9.17, 15) is 14.7 Å². The van der Waals surface area contributed by atoms with Crippen molar-refractivity contribution in [3.63, 3.8) is 0 Å².